The predicted octanol–water partition coefficient (Wildman–Crippen LogP) is 7.15. The van der Waals surface area contributed by atoms with E-state index in [4.69, 9.17) is 28.6 Å². The standard InChI is InChI=1S/C43H45ClF3N7O5S/c1-4-27-20-30(54-40(60)53(39(58)41(54,2)3)31-22-32(43(45,46)47)34(23-48)49-24-31)5-7-35(27)59-16-11-25-9-14-52(15-10-25)42(12-13-42)36(55)19-26-17-28(44)21-29(18-26)50-33-6-8-37(56)51-38(33)57/h5,7,17-18,20-22,24-25,33,50H,4,6,8-16,19H2,1-3H3,(H,51,56,57). The number of likely N-dealkylation sites (tertiary alicyclic amines) is 1. The maximum atomic E-state index is 13.8. The number of benzene rings is 2. The van der Waals surface area contributed by atoms with Crippen LogP contribution in [-0.2, 0) is 38.2 Å². The number of aryl methyl sites for hydroxylation is 1. The molecule has 316 valence electrons. The number of alkyl halides is 3. The minimum Gasteiger partial charge on any atom is -0.493 e. The molecule has 4 aliphatic rings. The summed E-state index contributed by atoms with van der Waals surface area (Å²) in [5.74, 6) is 0.0581. The number of nitriles is 1. The Morgan fingerprint density at radius 3 is 2.47 bits per heavy atom. The number of hydrogen-bond acceptors (Lipinski definition) is 10. The second-order valence-corrected chi connectivity index (χ2v) is 17.2. The van der Waals surface area contributed by atoms with Crippen molar-refractivity contribution < 1.29 is 37.1 Å². The van der Waals surface area contributed by atoms with Crippen molar-refractivity contribution >= 4 is 69.5 Å². The lowest BCUT2D eigenvalue weighted by Gasteiger charge is -2.37. The molecule has 2 N–H and O–H groups in total. The van der Waals surface area contributed by atoms with Crippen molar-refractivity contribution in [1.82, 2.24) is 15.2 Å². The van der Waals surface area contributed by atoms with E-state index in [1.54, 1.807) is 36.9 Å². The van der Waals surface area contributed by atoms with Gasteiger partial charge >= 0.3 is 6.18 Å². The lowest BCUT2D eigenvalue weighted by atomic mass is 9.91. The average Bonchev–Trinajstić information content (AvgIpc) is 3.99. The Kier molecular flexibility index (Phi) is 12.0. The number of nitrogens with one attached hydrogen (secondary N) is 2. The third kappa shape index (κ3) is 8.57. The number of carbonyl (C=O) groups excluding carboxylic acids is 4. The molecule has 0 spiro atoms. The summed E-state index contributed by atoms with van der Waals surface area (Å²) in [5.41, 5.74) is -1.09. The SMILES string of the molecule is CCc1cc(N2C(=S)N(c3cnc(C#N)c(C(F)(F)F)c3)C(=O)C2(C)C)ccc1OCCC1CCN(C2(C(=O)Cc3cc(Cl)cc(NC4CCC(=O)NC4=O)c3)CC2)CC1. The number of ether oxygens (including phenoxy) is 1. The number of piperidine rings is 2. The molecule has 4 heterocycles. The van der Waals surface area contributed by atoms with Gasteiger partial charge in [0.25, 0.3) is 5.91 Å². The molecule has 3 saturated heterocycles. The Bertz CT molecular complexity index is 2290. The van der Waals surface area contributed by atoms with Gasteiger partial charge in [-0.3, -0.25) is 34.3 Å². The molecule has 1 unspecified atom stereocenters. The maximum absolute atomic E-state index is 13.8. The molecule has 3 aliphatic heterocycles. The molecule has 2 aromatic carbocycles. The van der Waals surface area contributed by atoms with E-state index in [0.717, 1.165) is 73.5 Å². The third-order valence-electron chi connectivity index (χ3n) is 12.0. The van der Waals surface area contributed by atoms with Gasteiger partial charge in [0.2, 0.25) is 11.8 Å². The Morgan fingerprint density at radius 1 is 1.08 bits per heavy atom. The van der Waals surface area contributed by atoms with Gasteiger partial charge in [-0.1, -0.05) is 18.5 Å². The van der Waals surface area contributed by atoms with Gasteiger partial charge in [-0.2, -0.15) is 18.4 Å². The highest BCUT2D eigenvalue weighted by Crippen LogP contribution is 2.46. The molecule has 1 aliphatic carbocycles. The van der Waals surface area contributed by atoms with E-state index in [1.165, 1.54) is 6.07 Å². The lowest BCUT2D eigenvalue weighted by Crippen LogP contribution is -2.48. The Morgan fingerprint density at radius 2 is 1.82 bits per heavy atom. The molecule has 1 saturated carbocycles. The number of Topliss-reactive ketones (excluding diaryl/α,β-unsaturated/α-hetero) is 1. The number of thiocarbonyl (C=S) groups is 1. The van der Waals surface area contributed by atoms with E-state index in [0.29, 0.717) is 47.5 Å². The molecular weight excluding hydrogens is 819 g/mol. The number of amides is 3. The number of halogens is 4. The molecule has 0 radical (unpaired) electrons. The molecule has 3 aromatic rings. The quantitative estimate of drug-likeness (QED) is 0.133. The fourth-order valence-electron chi connectivity index (χ4n) is 8.55. The molecular formula is C43H45ClF3N7O5S. The first kappa shape index (κ1) is 43.0. The van der Waals surface area contributed by atoms with Crippen molar-refractivity contribution in [3.63, 3.8) is 0 Å². The minimum atomic E-state index is -4.86. The summed E-state index contributed by atoms with van der Waals surface area (Å²) >= 11 is 12.1. The van der Waals surface area contributed by atoms with Crippen LogP contribution in [0.4, 0.5) is 30.2 Å². The summed E-state index contributed by atoms with van der Waals surface area (Å²) in [5, 5.41) is 15.1. The monoisotopic (exact) mass is 863 g/mol. The summed E-state index contributed by atoms with van der Waals surface area (Å²) in [4.78, 5) is 59.9. The normalized spacial score (nSPS) is 20.5. The molecule has 7 rings (SSSR count). The molecule has 3 amide bonds. The number of hydrogen-bond donors (Lipinski definition) is 2. The number of carbonyl (C=O) groups is 4. The predicted molar refractivity (Wildman–Crippen MR) is 223 cm³/mol. The van der Waals surface area contributed by atoms with Gasteiger partial charge in [-0.05, 0) is 144 Å². The summed E-state index contributed by atoms with van der Waals surface area (Å²) in [7, 11) is 0. The second kappa shape index (κ2) is 16.7. The van der Waals surface area contributed by atoms with Crippen molar-refractivity contribution in [2.45, 2.75) is 102 Å². The van der Waals surface area contributed by atoms with E-state index >= 15 is 0 Å². The van der Waals surface area contributed by atoms with Crippen LogP contribution in [0.1, 0.15) is 88.1 Å². The minimum absolute atomic E-state index is 0.0145. The number of aromatic nitrogens is 1. The van der Waals surface area contributed by atoms with Crippen LogP contribution in [0.5, 0.6) is 5.75 Å². The molecule has 0 bridgehead atoms. The van der Waals surface area contributed by atoms with Gasteiger partial charge in [-0.15, -0.1) is 0 Å². The van der Waals surface area contributed by atoms with Crippen LogP contribution in [0.3, 0.4) is 0 Å². The van der Waals surface area contributed by atoms with Crippen molar-refractivity contribution in [3.8, 4) is 11.8 Å². The fraction of sp³-hybridized carbons (Fsp3) is 0.465. The molecule has 17 heteroatoms. The van der Waals surface area contributed by atoms with Crippen molar-refractivity contribution in [3.05, 3.63) is 76.1 Å². The van der Waals surface area contributed by atoms with Crippen LogP contribution in [-0.4, -0.2) is 75.3 Å². The van der Waals surface area contributed by atoms with Crippen LogP contribution in [0.25, 0.3) is 0 Å². The Balaban J connectivity index is 0.932. The topological polar surface area (TPSA) is 148 Å². The van der Waals surface area contributed by atoms with Crippen LogP contribution >= 0.6 is 23.8 Å². The van der Waals surface area contributed by atoms with Crippen LogP contribution in [0.2, 0.25) is 5.02 Å². The number of imide groups is 1. The molecule has 1 aromatic heterocycles. The Labute approximate surface area is 356 Å². The van der Waals surface area contributed by atoms with Crippen molar-refractivity contribution in [2.24, 2.45) is 5.92 Å². The van der Waals surface area contributed by atoms with Gasteiger partial charge < -0.3 is 15.0 Å². The zero-order valence-electron chi connectivity index (χ0n) is 33.5. The van der Waals surface area contributed by atoms with Gasteiger partial charge in [0.05, 0.1) is 29.6 Å². The largest absolute Gasteiger partial charge is 0.493 e. The molecule has 1 atom stereocenters. The van der Waals surface area contributed by atoms with E-state index in [9.17, 15) is 37.6 Å². The summed E-state index contributed by atoms with van der Waals surface area (Å²) in [6.07, 6.45) is 1.98. The van der Waals surface area contributed by atoms with Gasteiger partial charge in [-0.25, -0.2) is 4.98 Å². The molecule has 4 fully saturated rings. The first-order chi connectivity index (χ1) is 28.4. The van der Waals surface area contributed by atoms with Crippen LogP contribution in [0, 0.1) is 17.2 Å². The van der Waals surface area contributed by atoms with Crippen molar-refractivity contribution in [1.29, 1.82) is 5.26 Å². The number of nitrogens with zero attached hydrogens (tertiary/aromatic N) is 5. The van der Waals surface area contributed by atoms with E-state index in [2.05, 4.69) is 20.5 Å². The number of pyridine rings is 1. The summed E-state index contributed by atoms with van der Waals surface area (Å²) in [6, 6.07) is 12.4. The first-order valence-electron chi connectivity index (χ1n) is 20.0. The van der Waals surface area contributed by atoms with Crippen LogP contribution < -0.4 is 25.2 Å². The first-order valence-corrected chi connectivity index (χ1v) is 20.8. The summed E-state index contributed by atoms with van der Waals surface area (Å²) < 4.78 is 47.6. The zero-order valence-corrected chi connectivity index (χ0v) is 35.0. The van der Waals surface area contributed by atoms with Gasteiger partial charge in [0.1, 0.15) is 23.4 Å². The average molecular weight is 864 g/mol. The zero-order chi connectivity index (χ0) is 43.1. The highest BCUT2D eigenvalue weighted by molar-refractivity contribution is 7.81. The summed E-state index contributed by atoms with van der Waals surface area (Å²) in [6.45, 7) is 7.36. The van der Waals surface area contributed by atoms with E-state index in [-0.39, 0.29) is 41.2 Å². The number of rotatable bonds is 13. The fourth-order valence-corrected chi connectivity index (χ4v) is 9.33. The number of anilines is 3. The smallest absolute Gasteiger partial charge is 0.419 e. The van der Waals surface area contributed by atoms with E-state index in [1.807, 2.05) is 25.1 Å². The molecule has 12 nitrogen and oxygen atoms in total. The third-order valence-corrected chi connectivity index (χ3v) is 12.6. The maximum Gasteiger partial charge on any atom is 0.419 e. The van der Waals surface area contributed by atoms with E-state index < -0.39 is 40.5 Å². The Hall–Kier alpha value is -5.11. The van der Waals surface area contributed by atoms with Gasteiger partial charge in [0.15, 0.2) is 16.6 Å². The van der Waals surface area contributed by atoms with Gasteiger partial charge in [0, 0.05) is 29.2 Å². The lowest BCUT2D eigenvalue weighted by molar-refractivity contribution is -0.138. The number of ketones is 1. The molecule has 60 heavy (non-hydrogen) atoms. The van der Waals surface area contributed by atoms with Crippen molar-refractivity contribution in [2.75, 3.05) is 34.8 Å². The van der Waals surface area contributed by atoms with Crippen LogP contribution in [0.15, 0.2) is 48.7 Å². The highest BCUT2D eigenvalue weighted by Gasteiger charge is 2.54. The second-order valence-electron chi connectivity index (χ2n) is 16.4. The highest BCUT2D eigenvalue weighted by atomic mass is 35.5.